The lowest BCUT2D eigenvalue weighted by Gasteiger charge is -2.35. The number of hydrogen-bond donors (Lipinski definition) is 1. The standard InChI is InChI=1S/C16H17ClN2.2ClH/c17-14-6-7-16-13(8-14)9-15(18)11-19(16)10-12-4-2-1-3-5-12;;/h1-8,15H,9-11,18H2;2*1H. The maximum Gasteiger partial charge on any atom is 0.0430 e. The van der Waals surface area contributed by atoms with E-state index < -0.39 is 0 Å². The molecular weight excluding hydrogens is 327 g/mol. The van der Waals surface area contributed by atoms with Crippen molar-refractivity contribution in [2.75, 3.05) is 11.4 Å². The third kappa shape index (κ3) is 4.27. The van der Waals surface area contributed by atoms with Crippen LogP contribution in [0.25, 0.3) is 0 Å². The molecule has 2 aromatic rings. The Morgan fingerprint density at radius 3 is 2.52 bits per heavy atom. The molecule has 5 heteroatoms. The minimum absolute atomic E-state index is 0. The van der Waals surface area contributed by atoms with Crippen LogP contribution in [0.5, 0.6) is 0 Å². The van der Waals surface area contributed by atoms with Crippen LogP contribution in [-0.2, 0) is 13.0 Å². The van der Waals surface area contributed by atoms with Crippen LogP contribution in [0.1, 0.15) is 11.1 Å². The summed E-state index contributed by atoms with van der Waals surface area (Å²) in [4.78, 5) is 2.34. The quantitative estimate of drug-likeness (QED) is 0.889. The molecule has 3 rings (SSSR count). The molecule has 0 fully saturated rings. The molecule has 1 atom stereocenters. The van der Waals surface area contributed by atoms with Crippen LogP contribution >= 0.6 is 36.4 Å². The Morgan fingerprint density at radius 1 is 1.10 bits per heavy atom. The minimum atomic E-state index is 0. The van der Waals surface area contributed by atoms with Crippen LogP contribution in [-0.4, -0.2) is 12.6 Å². The third-order valence-electron chi connectivity index (χ3n) is 3.54. The molecule has 1 aliphatic heterocycles. The summed E-state index contributed by atoms with van der Waals surface area (Å²) in [6.45, 7) is 1.78. The van der Waals surface area contributed by atoms with Crippen molar-refractivity contribution in [2.45, 2.75) is 19.0 Å². The van der Waals surface area contributed by atoms with Gasteiger partial charge in [-0.3, -0.25) is 0 Å². The number of anilines is 1. The molecule has 1 heterocycles. The first-order valence-corrected chi connectivity index (χ1v) is 6.93. The van der Waals surface area contributed by atoms with Crippen molar-refractivity contribution in [3.8, 4) is 0 Å². The molecule has 2 N–H and O–H groups in total. The van der Waals surface area contributed by atoms with E-state index in [2.05, 4.69) is 35.2 Å². The Bertz CT molecular complexity index is 575. The number of fused-ring (bicyclic) bond motifs is 1. The smallest absolute Gasteiger partial charge is 0.0430 e. The Kier molecular flexibility index (Phi) is 6.82. The van der Waals surface area contributed by atoms with Crippen LogP contribution in [0.3, 0.4) is 0 Å². The summed E-state index contributed by atoms with van der Waals surface area (Å²) in [5.74, 6) is 0. The van der Waals surface area contributed by atoms with Gasteiger partial charge in [0.25, 0.3) is 0 Å². The molecule has 0 saturated carbocycles. The van der Waals surface area contributed by atoms with Gasteiger partial charge in [0.05, 0.1) is 0 Å². The summed E-state index contributed by atoms with van der Waals surface area (Å²) in [6.07, 6.45) is 0.904. The minimum Gasteiger partial charge on any atom is -0.365 e. The van der Waals surface area contributed by atoms with E-state index in [0.29, 0.717) is 0 Å². The summed E-state index contributed by atoms with van der Waals surface area (Å²) in [5, 5.41) is 0.785. The molecule has 2 nitrogen and oxygen atoms in total. The van der Waals surface area contributed by atoms with Gasteiger partial charge in [-0.05, 0) is 35.7 Å². The Hall–Kier alpha value is -0.930. The predicted octanol–water partition coefficient (Wildman–Crippen LogP) is 4.07. The molecule has 2 aromatic carbocycles. The summed E-state index contributed by atoms with van der Waals surface area (Å²) < 4.78 is 0. The highest BCUT2D eigenvalue weighted by Crippen LogP contribution is 2.30. The first kappa shape index (κ1) is 18.1. The van der Waals surface area contributed by atoms with Crippen LogP contribution in [0.4, 0.5) is 5.69 Å². The molecule has 1 aliphatic rings. The van der Waals surface area contributed by atoms with Crippen molar-refractivity contribution < 1.29 is 0 Å². The van der Waals surface area contributed by atoms with E-state index in [0.717, 1.165) is 24.5 Å². The highest BCUT2D eigenvalue weighted by atomic mass is 35.5. The molecule has 0 aliphatic carbocycles. The fraction of sp³-hybridized carbons (Fsp3) is 0.250. The Labute approximate surface area is 143 Å². The Balaban J connectivity index is 0.00000110. The van der Waals surface area contributed by atoms with E-state index in [-0.39, 0.29) is 30.9 Å². The molecule has 1 unspecified atom stereocenters. The van der Waals surface area contributed by atoms with E-state index >= 15 is 0 Å². The van der Waals surface area contributed by atoms with Gasteiger partial charge in [-0.2, -0.15) is 0 Å². The molecule has 0 saturated heterocycles. The van der Waals surface area contributed by atoms with E-state index in [1.54, 1.807) is 0 Å². The van der Waals surface area contributed by atoms with Gasteiger partial charge >= 0.3 is 0 Å². The highest BCUT2D eigenvalue weighted by Gasteiger charge is 2.22. The van der Waals surface area contributed by atoms with Gasteiger partial charge in [0.15, 0.2) is 0 Å². The molecular formula is C16H19Cl3N2. The molecule has 0 amide bonds. The lowest BCUT2D eigenvalue weighted by Crippen LogP contribution is -2.42. The second-order valence-corrected chi connectivity index (χ2v) is 5.54. The normalized spacial score (nSPS) is 16.5. The number of hydrogen-bond acceptors (Lipinski definition) is 2. The van der Waals surface area contributed by atoms with E-state index in [4.69, 9.17) is 17.3 Å². The van der Waals surface area contributed by atoms with Crippen molar-refractivity contribution >= 4 is 42.1 Å². The largest absolute Gasteiger partial charge is 0.365 e. The molecule has 0 spiro atoms. The van der Waals surface area contributed by atoms with E-state index in [1.807, 2.05) is 18.2 Å². The van der Waals surface area contributed by atoms with Gasteiger partial charge in [0.1, 0.15) is 0 Å². The van der Waals surface area contributed by atoms with Crippen LogP contribution in [0.2, 0.25) is 5.02 Å². The van der Waals surface area contributed by atoms with Crippen molar-refractivity contribution in [2.24, 2.45) is 5.73 Å². The molecule has 0 bridgehead atoms. The molecule has 0 radical (unpaired) electrons. The summed E-state index contributed by atoms with van der Waals surface area (Å²) in [5.41, 5.74) is 9.97. The fourth-order valence-electron chi connectivity index (χ4n) is 2.71. The monoisotopic (exact) mass is 344 g/mol. The zero-order valence-corrected chi connectivity index (χ0v) is 13.9. The predicted molar refractivity (Wildman–Crippen MR) is 95.1 cm³/mol. The number of rotatable bonds is 2. The number of benzene rings is 2. The second-order valence-electron chi connectivity index (χ2n) is 5.10. The number of nitrogens with two attached hydrogens (primary N) is 1. The van der Waals surface area contributed by atoms with Crippen molar-refractivity contribution in [1.29, 1.82) is 0 Å². The van der Waals surface area contributed by atoms with Gasteiger partial charge in [0.2, 0.25) is 0 Å². The molecule has 21 heavy (non-hydrogen) atoms. The second kappa shape index (κ2) is 7.90. The average Bonchev–Trinajstić information content (AvgIpc) is 2.39. The fourth-order valence-corrected chi connectivity index (χ4v) is 2.90. The van der Waals surface area contributed by atoms with Crippen molar-refractivity contribution in [3.05, 3.63) is 64.7 Å². The maximum absolute atomic E-state index is 6.16. The van der Waals surface area contributed by atoms with E-state index in [9.17, 15) is 0 Å². The van der Waals surface area contributed by atoms with Gasteiger partial charge in [-0.25, -0.2) is 0 Å². The SMILES string of the molecule is Cl.Cl.NC1Cc2cc(Cl)ccc2N(Cc2ccccc2)C1. The maximum atomic E-state index is 6.16. The average molecular weight is 346 g/mol. The number of nitrogens with zero attached hydrogens (tertiary/aromatic N) is 1. The van der Waals surface area contributed by atoms with Gasteiger partial charge in [-0.1, -0.05) is 41.9 Å². The van der Waals surface area contributed by atoms with Crippen molar-refractivity contribution in [3.63, 3.8) is 0 Å². The third-order valence-corrected chi connectivity index (χ3v) is 3.77. The summed E-state index contributed by atoms with van der Waals surface area (Å²) in [6, 6.07) is 16.7. The summed E-state index contributed by atoms with van der Waals surface area (Å²) >= 11 is 6.07. The van der Waals surface area contributed by atoms with E-state index in [1.165, 1.54) is 16.8 Å². The Morgan fingerprint density at radius 2 is 1.81 bits per heavy atom. The van der Waals surface area contributed by atoms with Crippen LogP contribution in [0, 0.1) is 0 Å². The zero-order valence-electron chi connectivity index (χ0n) is 11.5. The zero-order chi connectivity index (χ0) is 13.2. The lowest BCUT2D eigenvalue weighted by molar-refractivity contribution is 0.599. The van der Waals surface area contributed by atoms with Gasteiger partial charge < -0.3 is 10.6 Å². The van der Waals surface area contributed by atoms with Gasteiger partial charge in [0, 0.05) is 29.8 Å². The summed E-state index contributed by atoms with van der Waals surface area (Å²) in [7, 11) is 0. The van der Waals surface area contributed by atoms with Gasteiger partial charge in [-0.15, -0.1) is 24.8 Å². The number of halogens is 3. The first-order chi connectivity index (χ1) is 9.22. The van der Waals surface area contributed by atoms with Crippen LogP contribution < -0.4 is 10.6 Å². The molecule has 0 aromatic heterocycles. The molecule has 114 valence electrons. The first-order valence-electron chi connectivity index (χ1n) is 6.55. The van der Waals surface area contributed by atoms with Crippen LogP contribution in [0.15, 0.2) is 48.5 Å². The van der Waals surface area contributed by atoms with Crippen molar-refractivity contribution in [1.82, 2.24) is 0 Å². The lowest BCUT2D eigenvalue weighted by atomic mass is 9.98. The highest BCUT2D eigenvalue weighted by molar-refractivity contribution is 6.30. The topological polar surface area (TPSA) is 29.3 Å².